The quantitative estimate of drug-likeness (QED) is 0.740. The van der Waals surface area contributed by atoms with Crippen LogP contribution in [0, 0.1) is 6.92 Å². The van der Waals surface area contributed by atoms with Crippen LogP contribution in [0.3, 0.4) is 0 Å². The lowest BCUT2D eigenvalue weighted by Gasteiger charge is -2.34. The number of H-pyrrole nitrogens is 1. The van der Waals surface area contributed by atoms with Gasteiger partial charge >= 0.3 is 0 Å². The van der Waals surface area contributed by atoms with Gasteiger partial charge in [0.2, 0.25) is 17.8 Å². The second kappa shape index (κ2) is 7.69. The number of rotatable bonds is 3. The van der Waals surface area contributed by atoms with Gasteiger partial charge in [0, 0.05) is 24.7 Å². The Morgan fingerprint density at radius 2 is 1.97 bits per heavy atom. The van der Waals surface area contributed by atoms with E-state index in [4.69, 9.17) is 0 Å². The maximum atomic E-state index is 12.9. The zero-order valence-electron chi connectivity index (χ0n) is 16.6. The molecule has 3 heterocycles. The zero-order valence-corrected chi connectivity index (χ0v) is 16.6. The van der Waals surface area contributed by atoms with Gasteiger partial charge in [0.1, 0.15) is 5.82 Å². The van der Waals surface area contributed by atoms with E-state index < -0.39 is 11.8 Å². The van der Waals surface area contributed by atoms with E-state index in [0.717, 1.165) is 31.4 Å². The summed E-state index contributed by atoms with van der Waals surface area (Å²) in [5.74, 6) is -0.972. The summed E-state index contributed by atoms with van der Waals surface area (Å²) in [6.45, 7) is 4.85. The average Bonchev–Trinajstić information content (AvgIpc) is 2.69. The molecule has 1 saturated heterocycles. The Hall–Kier alpha value is -3.16. The van der Waals surface area contributed by atoms with Crippen LogP contribution in [0.15, 0.2) is 29.1 Å². The van der Waals surface area contributed by atoms with Crippen molar-refractivity contribution in [2.45, 2.75) is 51.5 Å². The number of nitrogens with one attached hydrogen (secondary N) is 3. The minimum absolute atomic E-state index is 0.0884. The fourth-order valence-corrected chi connectivity index (χ4v) is 4.00. The molecule has 0 bridgehead atoms. The molecule has 2 atom stereocenters. The molecule has 0 aliphatic carbocycles. The molecule has 0 radical (unpaired) electrons. The Bertz CT molecular complexity index is 998. The number of amides is 2. The van der Waals surface area contributed by atoms with Crippen LogP contribution in [0.4, 0.5) is 17.5 Å². The Labute approximate surface area is 168 Å². The molecule has 1 aromatic carbocycles. The van der Waals surface area contributed by atoms with Gasteiger partial charge in [0.25, 0.3) is 5.56 Å². The first-order chi connectivity index (χ1) is 13.9. The lowest BCUT2D eigenvalue weighted by Crippen LogP contribution is -2.41. The van der Waals surface area contributed by atoms with Gasteiger partial charge in [0.05, 0.1) is 11.5 Å². The molecular weight excluding hydrogens is 370 g/mol. The lowest BCUT2D eigenvalue weighted by molar-refractivity contribution is -0.123. The third-order valence-corrected chi connectivity index (χ3v) is 5.65. The summed E-state index contributed by atoms with van der Waals surface area (Å²) in [6.07, 6.45) is 3.10. The normalized spacial score (nSPS) is 21.3. The van der Waals surface area contributed by atoms with Crippen LogP contribution in [-0.2, 0) is 9.59 Å². The largest absolute Gasteiger partial charge is 0.340 e. The fourth-order valence-electron chi connectivity index (χ4n) is 4.00. The molecule has 2 aliphatic heterocycles. The summed E-state index contributed by atoms with van der Waals surface area (Å²) in [5.41, 5.74) is 1.52. The second-order valence-electron chi connectivity index (χ2n) is 7.85. The summed E-state index contributed by atoms with van der Waals surface area (Å²) < 4.78 is 0. The minimum atomic E-state index is -0.885. The van der Waals surface area contributed by atoms with Gasteiger partial charge in [-0.1, -0.05) is 17.7 Å². The number of carbonyl (C=O) groups excluding carboxylic acids is 2. The molecule has 1 aromatic heterocycles. The van der Waals surface area contributed by atoms with E-state index in [1.807, 2.05) is 24.0 Å². The number of carbonyl (C=O) groups is 2. The predicted octanol–water partition coefficient (Wildman–Crippen LogP) is 2.52. The number of hydrogen-bond donors (Lipinski definition) is 3. The predicted molar refractivity (Wildman–Crippen MR) is 111 cm³/mol. The van der Waals surface area contributed by atoms with Crippen molar-refractivity contribution >= 4 is 29.3 Å². The first-order valence-corrected chi connectivity index (χ1v) is 10.0. The van der Waals surface area contributed by atoms with Crippen molar-refractivity contribution in [1.82, 2.24) is 9.97 Å². The minimum Gasteiger partial charge on any atom is -0.340 e. The fraction of sp³-hybridized carbons (Fsp3) is 0.429. The highest BCUT2D eigenvalue weighted by Crippen LogP contribution is 2.31. The van der Waals surface area contributed by atoms with Crippen LogP contribution in [0.2, 0.25) is 0 Å². The van der Waals surface area contributed by atoms with Gasteiger partial charge < -0.3 is 15.5 Å². The second-order valence-corrected chi connectivity index (χ2v) is 7.85. The average molecular weight is 395 g/mol. The van der Waals surface area contributed by atoms with E-state index >= 15 is 0 Å². The van der Waals surface area contributed by atoms with Gasteiger partial charge in [-0.2, -0.15) is 4.98 Å². The smallest absolute Gasteiger partial charge is 0.258 e. The molecule has 2 unspecified atom stereocenters. The molecule has 0 saturated carbocycles. The number of aryl methyl sites for hydroxylation is 1. The standard InChI is InChI=1S/C21H25N5O3/c1-12-6-8-14(9-7-12)22-19(28)15-11-16(27)23-18-17(15)20(29)25-21(24-18)26-10-4-3-5-13(26)2/h6-9,13,15H,3-5,10-11H2,1-2H3,(H,22,28)(H2,23,24,25,27,29). The van der Waals surface area contributed by atoms with Crippen LogP contribution in [-0.4, -0.2) is 34.4 Å². The summed E-state index contributed by atoms with van der Waals surface area (Å²) in [4.78, 5) is 47.4. The molecule has 0 spiro atoms. The molecule has 2 aromatic rings. The lowest BCUT2D eigenvalue weighted by atomic mass is 9.92. The van der Waals surface area contributed by atoms with Crippen molar-refractivity contribution in [2.24, 2.45) is 0 Å². The molecule has 8 heteroatoms. The highest BCUT2D eigenvalue weighted by atomic mass is 16.2. The van der Waals surface area contributed by atoms with E-state index in [2.05, 4.69) is 27.5 Å². The first kappa shape index (κ1) is 19.2. The Balaban J connectivity index is 1.65. The van der Waals surface area contributed by atoms with Crippen molar-refractivity contribution in [3.63, 3.8) is 0 Å². The highest BCUT2D eigenvalue weighted by molar-refractivity contribution is 6.04. The van der Waals surface area contributed by atoms with E-state index in [-0.39, 0.29) is 35.3 Å². The van der Waals surface area contributed by atoms with Crippen molar-refractivity contribution in [3.8, 4) is 0 Å². The molecule has 1 fully saturated rings. The van der Waals surface area contributed by atoms with Crippen LogP contribution >= 0.6 is 0 Å². The van der Waals surface area contributed by atoms with Gasteiger partial charge in [-0.25, -0.2) is 0 Å². The van der Waals surface area contributed by atoms with Gasteiger partial charge in [0.15, 0.2) is 0 Å². The zero-order chi connectivity index (χ0) is 20.5. The van der Waals surface area contributed by atoms with E-state index in [0.29, 0.717) is 11.6 Å². The van der Waals surface area contributed by atoms with Crippen LogP contribution in [0.5, 0.6) is 0 Å². The van der Waals surface area contributed by atoms with E-state index in [1.54, 1.807) is 12.1 Å². The van der Waals surface area contributed by atoms with Crippen LogP contribution in [0.1, 0.15) is 49.7 Å². The molecule has 2 aliphatic rings. The molecule has 152 valence electrons. The maximum Gasteiger partial charge on any atom is 0.258 e. The topological polar surface area (TPSA) is 107 Å². The molecular formula is C21H25N5O3. The molecule has 8 nitrogen and oxygen atoms in total. The van der Waals surface area contributed by atoms with E-state index in [1.165, 1.54) is 0 Å². The maximum absolute atomic E-state index is 12.9. The number of fused-ring (bicyclic) bond motifs is 1. The summed E-state index contributed by atoms with van der Waals surface area (Å²) in [7, 11) is 0. The van der Waals surface area contributed by atoms with Crippen molar-refractivity contribution in [3.05, 3.63) is 45.7 Å². The van der Waals surface area contributed by atoms with Gasteiger partial charge in [-0.15, -0.1) is 0 Å². The van der Waals surface area contributed by atoms with E-state index in [9.17, 15) is 14.4 Å². The molecule has 3 N–H and O–H groups in total. The summed E-state index contributed by atoms with van der Waals surface area (Å²) in [5, 5.41) is 5.48. The van der Waals surface area contributed by atoms with Crippen molar-refractivity contribution < 1.29 is 9.59 Å². The summed E-state index contributed by atoms with van der Waals surface area (Å²) in [6, 6.07) is 7.61. The number of aromatic amines is 1. The number of hydrogen-bond acceptors (Lipinski definition) is 5. The third kappa shape index (κ3) is 3.87. The van der Waals surface area contributed by atoms with Gasteiger partial charge in [-0.05, 0) is 45.2 Å². The Kier molecular flexibility index (Phi) is 5.08. The first-order valence-electron chi connectivity index (χ1n) is 10.0. The number of nitrogens with zero attached hydrogens (tertiary/aromatic N) is 2. The Morgan fingerprint density at radius 3 is 2.69 bits per heavy atom. The van der Waals surface area contributed by atoms with Crippen LogP contribution in [0.25, 0.3) is 0 Å². The van der Waals surface area contributed by atoms with Crippen LogP contribution < -0.4 is 21.1 Å². The monoisotopic (exact) mass is 395 g/mol. The molecule has 4 rings (SSSR count). The molecule has 2 amide bonds. The number of benzene rings is 1. The third-order valence-electron chi connectivity index (χ3n) is 5.65. The molecule has 29 heavy (non-hydrogen) atoms. The SMILES string of the molecule is Cc1ccc(NC(=O)C2CC(=O)Nc3nc(N4CCCCC4C)[nH]c(=O)c32)cc1. The van der Waals surface area contributed by atoms with Crippen molar-refractivity contribution in [2.75, 3.05) is 22.1 Å². The Morgan fingerprint density at radius 1 is 1.21 bits per heavy atom. The number of piperidine rings is 1. The highest BCUT2D eigenvalue weighted by Gasteiger charge is 2.35. The van der Waals surface area contributed by atoms with Crippen molar-refractivity contribution in [1.29, 1.82) is 0 Å². The number of anilines is 3. The number of aromatic nitrogens is 2. The van der Waals surface area contributed by atoms with Gasteiger partial charge in [-0.3, -0.25) is 19.4 Å². The summed E-state index contributed by atoms with van der Waals surface area (Å²) >= 11 is 0.